The Bertz CT molecular complexity index is 635. The van der Waals surface area contributed by atoms with Gasteiger partial charge in [-0.05, 0) is 31.2 Å². The Morgan fingerprint density at radius 2 is 2.05 bits per heavy atom. The summed E-state index contributed by atoms with van der Waals surface area (Å²) in [5.74, 6) is 1.13. The third kappa shape index (κ3) is 3.16. The van der Waals surface area contributed by atoms with Crippen molar-refractivity contribution in [3.05, 3.63) is 45.9 Å². The number of aliphatic hydroxyl groups excluding tert-OH is 1. The van der Waals surface area contributed by atoms with Gasteiger partial charge >= 0.3 is 0 Å². The summed E-state index contributed by atoms with van der Waals surface area (Å²) < 4.78 is 5.08. The fourth-order valence-corrected chi connectivity index (χ4v) is 1.89. The van der Waals surface area contributed by atoms with Crippen molar-refractivity contribution in [1.29, 1.82) is 0 Å². The van der Waals surface area contributed by atoms with Gasteiger partial charge in [0, 0.05) is 24.3 Å². The van der Waals surface area contributed by atoms with Crippen molar-refractivity contribution in [3.63, 3.8) is 0 Å². The molecule has 0 saturated carbocycles. The number of nitrogens with zero attached hydrogens (tertiary/aromatic N) is 1. The first-order chi connectivity index (χ1) is 9.63. The number of aryl methyl sites for hydroxylation is 1. The van der Waals surface area contributed by atoms with E-state index in [2.05, 4.69) is 15.3 Å². The van der Waals surface area contributed by atoms with Crippen molar-refractivity contribution in [3.8, 4) is 5.75 Å². The second kappa shape index (κ2) is 6.21. The maximum Gasteiger partial charge on any atom is 0.255 e. The van der Waals surface area contributed by atoms with Gasteiger partial charge < -0.3 is 15.2 Å². The summed E-state index contributed by atoms with van der Waals surface area (Å²) in [5.41, 5.74) is 1.68. The molecule has 0 aliphatic carbocycles. The van der Waals surface area contributed by atoms with E-state index in [9.17, 15) is 4.79 Å². The fraction of sp³-hybridized carbons (Fsp3) is 0.286. The molecule has 0 spiro atoms. The predicted octanol–water partition coefficient (Wildman–Crippen LogP) is 1.37. The van der Waals surface area contributed by atoms with Crippen LogP contribution >= 0.6 is 0 Å². The number of nitrogens with one attached hydrogen (secondary N) is 2. The average molecular weight is 275 g/mol. The summed E-state index contributed by atoms with van der Waals surface area (Å²) in [4.78, 5) is 18.8. The van der Waals surface area contributed by atoms with Gasteiger partial charge in [-0.1, -0.05) is 0 Å². The number of methoxy groups -OCH3 is 1. The lowest BCUT2D eigenvalue weighted by Crippen LogP contribution is -2.19. The van der Waals surface area contributed by atoms with Crippen molar-refractivity contribution in [2.45, 2.75) is 13.3 Å². The van der Waals surface area contributed by atoms with Gasteiger partial charge in [0.2, 0.25) is 5.95 Å². The summed E-state index contributed by atoms with van der Waals surface area (Å²) in [5, 5.41) is 11.9. The minimum absolute atomic E-state index is 0.0726. The van der Waals surface area contributed by atoms with E-state index in [0.29, 0.717) is 23.6 Å². The largest absolute Gasteiger partial charge is 0.497 e. The molecule has 0 radical (unpaired) electrons. The standard InChI is InChI=1S/C14H17N3O3/c1-9-12(7-8-18)13(19)17-14(15-9)16-10-3-5-11(20-2)6-4-10/h3-6,18H,7-8H2,1-2H3,(H2,15,16,17,19). The molecule has 0 bridgehead atoms. The number of H-pyrrole nitrogens is 1. The maximum atomic E-state index is 11.9. The second-order valence-electron chi connectivity index (χ2n) is 4.31. The number of hydrogen-bond acceptors (Lipinski definition) is 5. The summed E-state index contributed by atoms with van der Waals surface area (Å²) in [6.45, 7) is 1.68. The van der Waals surface area contributed by atoms with Crippen molar-refractivity contribution in [1.82, 2.24) is 9.97 Å². The van der Waals surface area contributed by atoms with Crippen LogP contribution in [-0.4, -0.2) is 28.8 Å². The average Bonchev–Trinajstić information content (AvgIpc) is 2.44. The Balaban J connectivity index is 2.23. The van der Waals surface area contributed by atoms with Gasteiger partial charge in [0.25, 0.3) is 5.56 Å². The predicted molar refractivity (Wildman–Crippen MR) is 76.7 cm³/mol. The molecule has 1 aromatic heterocycles. The van der Waals surface area contributed by atoms with Gasteiger partial charge in [0.05, 0.1) is 12.8 Å². The van der Waals surface area contributed by atoms with E-state index >= 15 is 0 Å². The molecule has 0 unspecified atom stereocenters. The number of ether oxygens (including phenoxy) is 1. The second-order valence-corrected chi connectivity index (χ2v) is 4.31. The maximum absolute atomic E-state index is 11.9. The molecule has 106 valence electrons. The minimum atomic E-state index is -0.234. The first-order valence-electron chi connectivity index (χ1n) is 6.25. The van der Waals surface area contributed by atoms with Gasteiger partial charge in [-0.3, -0.25) is 9.78 Å². The van der Waals surface area contributed by atoms with Crippen LogP contribution in [0.25, 0.3) is 0 Å². The normalized spacial score (nSPS) is 10.3. The van der Waals surface area contributed by atoms with E-state index in [1.807, 2.05) is 24.3 Å². The van der Waals surface area contributed by atoms with E-state index in [4.69, 9.17) is 9.84 Å². The highest BCUT2D eigenvalue weighted by Gasteiger charge is 2.07. The molecule has 1 heterocycles. The number of benzene rings is 1. The van der Waals surface area contributed by atoms with Gasteiger partial charge in [-0.2, -0.15) is 0 Å². The number of rotatable bonds is 5. The Morgan fingerprint density at radius 1 is 1.35 bits per heavy atom. The molecule has 2 rings (SSSR count). The quantitative estimate of drug-likeness (QED) is 0.767. The zero-order chi connectivity index (χ0) is 14.5. The van der Waals surface area contributed by atoms with Crippen LogP contribution in [-0.2, 0) is 6.42 Å². The molecular weight excluding hydrogens is 258 g/mol. The third-order valence-electron chi connectivity index (χ3n) is 2.94. The first kappa shape index (κ1) is 14.1. The molecular formula is C14H17N3O3. The fourth-order valence-electron chi connectivity index (χ4n) is 1.89. The summed E-state index contributed by atoms with van der Waals surface area (Å²) in [7, 11) is 1.60. The van der Waals surface area contributed by atoms with E-state index in [-0.39, 0.29) is 12.2 Å². The van der Waals surface area contributed by atoms with Gasteiger partial charge in [-0.25, -0.2) is 4.98 Å². The Morgan fingerprint density at radius 3 is 2.60 bits per heavy atom. The minimum Gasteiger partial charge on any atom is -0.497 e. The molecule has 1 aromatic carbocycles. The molecule has 0 amide bonds. The monoisotopic (exact) mass is 275 g/mol. The van der Waals surface area contributed by atoms with Crippen LogP contribution in [0.4, 0.5) is 11.6 Å². The summed E-state index contributed by atoms with van der Waals surface area (Å²) >= 11 is 0. The molecule has 2 aromatic rings. The Hall–Kier alpha value is -2.34. The van der Waals surface area contributed by atoms with Gasteiger partial charge in [0.1, 0.15) is 5.75 Å². The van der Waals surface area contributed by atoms with Crippen LogP contribution in [0.3, 0.4) is 0 Å². The van der Waals surface area contributed by atoms with Gasteiger partial charge in [0.15, 0.2) is 0 Å². The molecule has 20 heavy (non-hydrogen) atoms. The molecule has 0 atom stereocenters. The number of aliphatic hydroxyl groups is 1. The Labute approximate surface area is 116 Å². The summed E-state index contributed by atoms with van der Waals surface area (Å²) in [6, 6.07) is 7.28. The van der Waals surface area contributed by atoms with Gasteiger partial charge in [-0.15, -0.1) is 0 Å². The SMILES string of the molecule is COc1ccc(Nc2nc(C)c(CCO)c(=O)[nH]2)cc1. The van der Waals surface area contributed by atoms with Crippen LogP contribution in [0.5, 0.6) is 5.75 Å². The van der Waals surface area contributed by atoms with Crippen LogP contribution in [0, 0.1) is 6.92 Å². The first-order valence-corrected chi connectivity index (χ1v) is 6.25. The zero-order valence-electron chi connectivity index (χ0n) is 11.4. The topological polar surface area (TPSA) is 87.2 Å². The number of aromatic amines is 1. The summed E-state index contributed by atoms with van der Waals surface area (Å²) in [6.07, 6.45) is 0.303. The van der Waals surface area contributed by atoms with Crippen LogP contribution < -0.4 is 15.6 Å². The number of anilines is 2. The smallest absolute Gasteiger partial charge is 0.255 e. The van der Waals surface area contributed by atoms with E-state index in [0.717, 1.165) is 11.4 Å². The lowest BCUT2D eigenvalue weighted by molar-refractivity contribution is 0.298. The number of hydrogen-bond donors (Lipinski definition) is 3. The highest BCUT2D eigenvalue weighted by atomic mass is 16.5. The lowest BCUT2D eigenvalue weighted by atomic mass is 10.2. The van der Waals surface area contributed by atoms with E-state index in [1.54, 1.807) is 14.0 Å². The molecule has 0 fully saturated rings. The molecule has 6 nitrogen and oxygen atoms in total. The van der Waals surface area contributed by atoms with Crippen molar-refractivity contribution in [2.24, 2.45) is 0 Å². The highest BCUT2D eigenvalue weighted by Crippen LogP contribution is 2.17. The van der Waals surface area contributed by atoms with E-state index in [1.165, 1.54) is 0 Å². The zero-order valence-corrected chi connectivity index (χ0v) is 11.4. The molecule has 6 heteroatoms. The van der Waals surface area contributed by atoms with Crippen molar-refractivity contribution >= 4 is 11.6 Å². The van der Waals surface area contributed by atoms with Crippen LogP contribution in [0.1, 0.15) is 11.3 Å². The van der Waals surface area contributed by atoms with Crippen molar-refractivity contribution in [2.75, 3.05) is 19.0 Å². The number of aromatic nitrogens is 2. The molecule has 0 aliphatic heterocycles. The third-order valence-corrected chi connectivity index (χ3v) is 2.94. The van der Waals surface area contributed by atoms with Crippen LogP contribution in [0.15, 0.2) is 29.1 Å². The molecule has 3 N–H and O–H groups in total. The highest BCUT2D eigenvalue weighted by molar-refractivity contribution is 5.54. The van der Waals surface area contributed by atoms with Crippen LogP contribution in [0.2, 0.25) is 0 Å². The molecule has 0 aliphatic rings. The lowest BCUT2D eigenvalue weighted by Gasteiger charge is -2.09. The molecule has 0 saturated heterocycles. The Kier molecular flexibility index (Phi) is 4.37. The van der Waals surface area contributed by atoms with Crippen molar-refractivity contribution < 1.29 is 9.84 Å². The van der Waals surface area contributed by atoms with E-state index < -0.39 is 0 Å².